The Balaban J connectivity index is 2.24. The number of rotatable bonds is 4. The summed E-state index contributed by atoms with van der Waals surface area (Å²) in [6, 6.07) is 5.40. The molecule has 0 radical (unpaired) electrons. The number of allylic oxidation sites excluding steroid dienone is 2. The molecular weight excluding hydrogens is 358 g/mol. The fourth-order valence-corrected chi connectivity index (χ4v) is 4.26. The van der Waals surface area contributed by atoms with Crippen LogP contribution in [-0.4, -0.2) is 33.1 Å². The van der Waals surface area contributed by atoms with Crippen LogP contribution in [-0.2, 0) is 14.3 Å². The normalized spacial score (nSPS) is 23.6. The highest BCUT2D eigenvalue weighted by molar-refractivity contribution is 6.01. The van der Waals surface area contributed by atoms with Gasteiger partial charge in [-0.05, 0) is 17.9 Å². The summed E-state index contributed by atoms with van der Waals surface area (Å²) in [5, 5.41) is 3.23. The quantitative estimate of drug-likeness (QED) is 0.802. The van der Waals surface area contributed by atoms with Gasteiger partial charge in [0.15, 0.2) is 5.78 Å². The first-order valence-corrected chi connectivity index (χ1v) is 9.24. The molecule has 0 saturated carbocycles. The van der Waals surface area contributed by atoms with Gasteiger partial charge in [0.2, 0.25) is 0 Å². The minimum atomic E-state index is -0.726. The lowest BCUT2D eigenvalue weighted by molar-refractivity contribution is -0.144. The molecular formula is C22H27NO5. The van der Waals surface area contributed by atoms with Crippen molar-refractivity contribution in [1.29, 1.82) is 0 Å². The van der Waals surface area contributed by atoms with E-state index in [1.165, 1.54) is 7.11 Å². The van der Waals surface area contributed by atoms with Crippen LogP contribution in [0.25, 0.3) is 0 Å². The van der Waals surface area contributed by atoms with Crippen LogP contribution in [0.4, 0.5) is 0 Å². The lowest BCUT2D eigenvalue weighted by Gasteiger charge is -2.42. The number of carbonyl (C=O) groups excluding carboxylic acids is 2. The van der Waals surface area contributed by atoms with E-state index in [4.69, 9.17) is 14.2 Å². The number of carbonyl (C=O) groups is 2. The van der Waals surface area contributed by atoms with Crippen molar-refractivity contribution in [2.24, 2.45) is 11.3 Å². The summed E-state index contributed by atoms with van der Waals surface area (Å²) in [5.74, 6) is -0.477. The lowest BCUT2D eigenvalue weighted by atomic mass is 9.66. The zero-order valence-corrected chi connectivity index (χ0v) is 17.0. The Morgan fingerprint density at radius 1 is 1.18 bits per heavy atom. The predicted molar refractivity (Wildman–Crippen MR) is 105 cm³/mol. The Bertz CT molecular complexity index is 868. The SMILES string of the molecule is C=C1NC2=C(C(=O)CC(C)(C)C2)C(c2ccc(OC)cc2OC)C1C(=O)OC. The molecule has 1 aliphatic carbocycles. The van der Waals surface area contributed by atoms with Crippen LogP contribution < -0.4 is 14.8 Å². The Morgan fingerprint density at radius 2 is 1.89 bits per heavy atom. The van der Waals surface area contributed by atoms with Gasteiger partial charge in [0.25, 0.3) is 0 Å². The van der Waals surface area contributed by atoms with E-state index in [0.29, 0.717) is 35.6 Å². The molecule has 1 aromatic rings. The fraction of sp³-hybridized carbons (Fsp3) is 0.455. The van der Waals surface area contributed by atoms with Gasteiger partial charge < -0.3 is 19.5 Å². The van der Waals surface area contributed by atoms with Crippen molar-refractivity contribution in [3.05, 3.63) is 47.3 Å². The number of hydrogen-bond acceptors (Lipinski definition) is 6. The second kappa shape index (κ2) is 7.34. The maximum atomic E-state index is 13.2. The van der Waals surface area contributed by atoms with Gasteiger partial charge >= 0.3 is 5.97 Å². The number of Topliss-reactive ketones (excluding diaryl/α,β-unsaturated/α-hetero) is 1. The molecule has 1 N–H and O–H groups in total. The van der Waals surface area contributed by atoms with E-state index in [-0.39, 0.29) is 11.2 Å². The first kappa shape index (κ1) is 20.0. The fourth-order valence-electron chi connectivity index (χ4n) is 4.26. The molecule has 1 aliphatic heterocycles. The molecule has 0 aromatic heterocycles. The number of nitrogens with one attached hydrogen (secondary N) is 1. The molecule has 2 aliphatic rings. The number of benzene rings is 1. The van der Waals surface area contributed by atoms with E-state index in [1.54, 1.807) is 26.4 Å². The molecule has 0 bridgehead atoms. The molecule has 6 heteroatoms. The number of ether oxygens (including phenoxy) is 3. The summed E-state index contributed by atoms with van der Waals surface area (Å²) >= 11 is 0. The molecule has 6 nitrogen and oxygen atoms in total. The third-order valence-electron chi connectivity index (χ3n) is 5.48. The van der Waals surface area contributed by atoms with Crippen LogP contribution in [0.1, 0.15) is 38.2 Å². The van der Waals surface area contributed by atoms with Gasteiger partial charge in [-0.1, -0.05) is 26.5 Å². The van der Waals surface area contributed by atoms with Crippen LogP contribution in [0.3, 0.4) is 0 Å². The Kier molecular flexibility index (Phi) is 5.24. The van der Waals surface area contributed by atoms with Gasteiger partial charge in [-0.25, -0.2) is 0 Å². The average Bonchev–Trinajstić information content (AvgIpc) is 2.64. The summed E-state index contributed by atoms with van der Waals surface area (Å²) in [5.41, 5.74) is 2.55. The average molecular weight is 385 g/mol. The zero-order chi connectivity index (χ0) is 20.6. The van der Waals surface area contributed by atoms with Crippen molar-refractivity contribution in [2.75, 3.05) is 21.3 Å². The van der Waals surface area contributed by atoms with Crippen LogP contribution in [0.2, 0.25) is 0 Å². The highest BCUT2D eigenvalue weighted by atomic mass is 16.5. The Hall–Kier alpha value is -2.76. The van der Waals surface area contributed by atoms with Crippen molar-refractivity contribution in [3.8, 4) is 11.5 Å². The summed E-state index contributed by atoms with van der Waals surface area (Å²) in [7, 11) is 4.47. The van der Waals surface area contributed by atoms with Crippen molar-refractivity contribution >= 4 is 11.8 Å². The predicted octanol–water partition coefficient (Wildman–Crippen LogP) is 3.34. The molecule has 0 spiro atoms. The van der Waals surface area contributed by atoms with Gasteiger partial charge in [0.05, 0.1) is 21.3 Å². The smallest absolute Gasteiger partial charge is 0.315 e. The second-order valence-electron chi connectivity index (χ2n) is 8.07. The van der Waals surface area contributed by atoms with Gasteiger partial charge in [-0.3, -0.25) is 9.59 Å². The van der Waals surface area contributed by atoms with E-state index in [0.717, 1.165) is 11.3 Å². The minimum Gasteiger partial charge on any atom is -0.497 e. The van der Waals surface area contributed by atoms with Gasteiger partial charge in [-0.15, -0.1) is 0 Å². The van der Waals surface area contributed by atoms with Crippen molar-refractivity contribution < 1.29 is 23.8 Å². The Labute approximate surface area is 165 Å². The maximum Gasteiger partial charge on any atom is 0.315 e. The van der Waals surface area contributed by atoms with E-state index in [2.05, 4.69) is 25.7 Å². The van der Waals surface area contributed by atoms with E-state index >= 15 is 0 Å². The van der Waals surface area contributed by atoms with Crippen molar-refractivity contribution in [2.45, 2.75) is 32.6 Å². The number of hydrogen-bond donors (Lipinski definition) is 1. The summed E-state index contributed by atoms with van der Waals surface area (Å²) in [4.78, 5) is 25.8. The van der Waals surface area contributed by atoms with Crippen LogP contribution in [0.15, 0.2) is 41.7 Å². The molecule has 28 heavy (non-hydrogen) atoms. The molecule has 0 saturated heterocycles. The van der Waals surface area contributed by atoms with Gasteiger partial charge in [0.1, 0.15) is 17.4 Å². The molecule has 0 amide bonds. The molecule has 1 heterocycles. The van der Waals surface area contributed by atoms with Crippen molar-refractivity contribution in [3.63, 3.8) is 0 Å². The highest BCUT2D eigenvalue weighted by Crippen LogP contribution is 2.50. The lowest BCUT2D eigenvalue weighted by Crippen LogP contribution is -2.43. The third kappa shape index (κ3) is 3.39. The van der Waals surface area contributed by atoms with Gasteiger partial charge in [0, 0.05) is 40.9 Å². The van der Waals surface area contributed by atoms with E-state index < -0.39 is 17.8 Å². The summed E-state index contributed by atoms with van der Waals surface area (Å²) in [6.07, 6.45) is 1.12. The van der Waals surface area contributed by atoms with Crippen LogP contribution in [0.5, 0.6) is 11.5 Å². The molecule has 3 rings (SSSR count). The summed E-state index contributed by atoms with van der Waals surface area (Å²) < 4.78 is 15.9. The second-order valence-corrected chi connectivity index (χ2v) is 8.07. The minimum absolute atomic E-state index is 0.0306. The zero-order valence-electron chi connectivity index (χ0n) is 17.0. The topological polar surface area (TPSA) is 73.9 Å². The first-order chi connectivity index (χ1) is 13.2. The third-order valence-corrected chi connectivity index (χ3v) is 5.48. The summed E-state index contributed by atoms with van der Waals surface area (Å²) in [6.45, 7) is 8.20. The highest BCUT2D eigenvalue weighted by Gasteiger charge is 2.47. The van der Waals surface area contributed by atoms with E-state index in [9.17, 15) is 9.59 Å². The molecule has 2 unspecified atom stereocenters. The van der Waals surface area contributed by atoms with Crippen molar-refractivity contribution in [1.82, 2.24) is 5.32 Å². The number of esters is 1. The Morgan fingerprint density at radius 3 is 2.50 bits per heavy atom. The maximum absolute atomic E-state index is 13.2. The molecule has 2 atom stereocenters. The number of methoxy groups -OCH3 is 3. The largest absolute Gasteiger partial charge is 0.497 e. The molecule has 0 fully saturated rings. The first-order valence-electron chi connectivity index (χ1n) is 9.24. The van der Waals surface area contributed by atoms with Crippen LogP contribution >= 0.6 is 0 Å². The molecule has 150 valence electrons. The number of ketones is 1. The van der Waals surface area contributed by atoms with Crippen LogP contribution in [0, 0.1) is 11.3 Å². The van der Waals surface area contributed by atoms with Gasteiger partial charge in [-0.2, -0.15) is 0 Å². The standard InChI is InChI=1S/C22H27NO5/c1-12-18(21(25)28-6)19(14-8-7-13(26-4)9-17(14)27-5)20-15(23-12)10-22(2,3)11-16(20)24/h7-9,18-19,23H,1,10-11H2,2-6H3. The van der Waals surface area contributed by atoms with E-state index in [1.807, 2.05) is 6.07 Å². The monoisotopic (exact) mass is 385 g/mol. The molecule has 1 aromatic carbocycles.